The van der Waals surface area contributed by atoms with Gasteiger partial charge in [0.15, 0.2) is 11.5 Å². The number of hydrogen-bond donors (Lipinski definition) is 2. The van der Waals surface area contributed by atoms with Gasteiger partial charge in [0.2, 0.25) is 5.91 Å². The van der Waals surface area contributed by atoms with E-state index in [1.807, 2.05) is 30.3 Å². The molecule has 6 nitrogen and oxygen atoms in total. The third-order valence-electron chi connectivity index (χ3n) is 4.27. The minimum Gasteiger partial charge on any atom is -0.493 e. The van der Waals surface area contributed by atoms with E-state index in [0.29, 0.717) is 18.1 Å². The number of carbonyl (C=O) groups is 2. The van der Waals surface area contributed by atoms with Gasteiger partial charge in [0.1, 0.15) is 6.61 Å². The van der Waals surface area contributed by atoms with Gasteiger partial charge in [-0.2, -0.15) is 0 Å². The lowest BCUT2D eigenvalue weighted by atomic mass is 10.1. The Balaban J connectivity index is 1.67. The quantitative estimate of drug-likeness (QED) is 0.536. The fourth-order valence-corrected chi connectivity index (χ4v) is 2.77. The molecule has 3 aromatic carbocycles. The van der Waals surface area contributed by atoms with E-state index in [1.54, 1.807) is 43.5 Å². The molecule has 0 heterocycles. The summed E-state index contributed by atoms with van der Waals surface area (Å²) in [6, 6.07) is 21.4. The number of nitrogens with one attached hydrogen (secondary N) is 1. The number of carbonyl (C=O) groups excluding carboxylic acids is 1. The van der Waals surface area contributed by atoms with E-state index in [4.69, 9.17) is 9.47 Å². The first kappa shape index (κ1) is 20.7. The largest absolute Gasteiger partial charge is 0.493 e. The van der Waals surface area contributed by atoms with Crippen molar-refractivity contribution in [3.8, 4) is 11.5 Å². The van der Waals surface area contributed by atoms with Crippen LogP contribution in [0.4, 0.5) is 5.69 Å². The van der Waals surface area contributed by atoms with Crippen LogP contribution in [0.5, 0.6) is 11.5 Å². The van der Waals surface area contributed by atoms with Crippen LogP contribution in [0.1, 0.15) is 21.5 Å². The van der Waals surface area contributed by atoms with E-state index in [9.17, 15) is 14.7 Å². The van der Waals surface area contributed by atoms with Gasteiger partial charge in [-0.05, 0) is 41.5 Å². The molecule has 0 radical (unpaired) electrons. The molecule has 6 heteroatoms. The predicted molar refractivity (Wildman–Crippen MR) is 115 cm³/mol. The van der Waals surface area contributed by atoms with Crippen molar-refractivity contribution < 1.29 is 24.2 Å². The maximum atomic E-state index is 12.2. The first-order valence-corrected chi connectivity index (χ1v) is 9.23. The average Bonchev–Trinajstić information content (AvgIpc) is 2.77. The monoisotopic (exact) mass is 403 g/mol. The number of hydrogen-bond acceptors (Lipinski definition) is 4. The van der Waals surface area contributed by atoms with E-state index in [-0.39, 0.29) is 11.3 Å². The summed E-state index contributed by atoms with van der Waals surface area (Å²) >= 11 is 0. The van der Waals surface area contributed by atoms with Gasteiger partial charge in [0.25, 0.3) is 0 Å². The number of ether oxygens (including phenoxy) is 2. The number of anilines is 1. The number of carboxylic acid groups (broad SMARTS) is 1. The van der Waals surface area contributed by atoms with E-state index < -0.39 is 11.9 Å². The minimum atomic E-state index is -1.11. The van der Waals surface area contributed by atoms with Gasteiger partial charge in [-0.1, -0.05) is 48.5 Å². The van der Waals surface area contributed by atoms with E-state index >= 15 is 0 Å². The van der Waals surface area contributed by atoms with Gasteiger partial charge in [0.05, 0.1) is 18.4 Å². The highest BCUT2D eigenvalue weighted by molar-refractivity contribution is 6.06. The Morgan fingerprint density at radius 1 is 0.967 bits per heavy atom. The molecule has 1 amide bonds. The van der Waals surface area contributed by atoms with E-state index in [1.165, 1.54) is 18.2 Å². The summed E-state index contributed by atoms with van der Waals surface area (Å²) in [6.45, 7) is 0.414. The van der Waals surface area contributed by atoms with Crippen LogP contribution in [0.2, 0.25) is 0 Å². The topological polar surface area (TPSA) is 84.9 Å². The molecule has 2 N–H and O–H groups in total. The van der Waals surface area contributed by atoms with Crippen molar-refractivity contribution in [1.82, 2.24) is 0 Å². The Kier molecular flexibility index (Phi) is 6.84. The lowest BCUT2D eigenvalue weighted by molar-refractivity contribution is -0.111. The van der Waals surface area contributed by atoms with Crippen LogP contribution in [0.25, 0.3) is 6.08 Å². The number of carboxylic acids is 1. The van der Waals surface area contributed by atoms with Crippen LogP contribution < -0.4 is 14.8 Å². The summed E-state index contributed by atoms with van der Waals surface area (Å²) in [5.41, 5.74) is 2.05. The molecular weight excluding hydrogens is 382 g/mol. The maximum Gasteiger partial charge on any atom is 0.337 e. The highest BCUT2D eigenvalue weighted by Gasteiger charge is 2.10. The summed E-state index contributed by atoms with van der Waals surface area (Å²) in [7, 11) is 1.55. The number of aromatic carboxylic acids is 1. The van der Waals surface area contributed by atoms with Crippen molar-refractivity contribution in [3.05, 3.63) is 95.6 Å². The molecule has 0 aliphatic rings. The Bertz CT molecular complexity index is 1060. The fraction of sp³-hybridized carbons (Fsp3) is 0.0833. The maximum absolute atomic E-state index is 12.2. The SMILES string of the molecule is COc1cc(C=CC(=O)Nc2ccccc2C(=O)O)ccc1OCc1ccccc1. The van der Waals surface area contributed by atoms with Crippen molar-refractivity contribution in [2.24, 2.45) is 0 Å². The third-order valence-corrected chi connectivity index (χ3v) is 4.27. The zero-order valence-corrected chi connectivity index (χ0v) is 16.4. The second-order valence-electron chi connectivity index (χ2n) is 6.36. The molecule has 0 atom stereocenters. The summed E-state index contributed by atoms with van der Waals surface area (Å²) in [5.74, 6) is -0.402. The molecule has 0 unspecified atom stereocenters. The van der Waals surface area contributed by atoms with Crippen LogP contribution in [0.15, 0.2) is 78.9 Å². The third kappa shape index (κ3) is 5.48. The number of methoxy groups -OCH3 is 1. The number of para-hydroxylation sites is 1. The van der Waals surface area contributed by atoms with Crippen molar-refractivity contribution in [2.45, 2.75) is 6.61 Å². The molecule has 0 aliphatic carbocycles. The van der Waals surface area contributed by atoms with E-state index in [2.05, 4.69) is 5.32 Å². The van der Waals surface area contributed by atoms with Crippen LogP contribution in [-0.4, -0.2) is 24.1 Å². The molecule has 0 aromatic heterocycles. The number of rotatable bonds is 8. The Labute approximate surface area is 174 Å². The van der Waals surface area contributed by atoms with Crippen LogP contribution in [-0.2, 0) is 11.4 Å². The molecule has 0 spiro atoms. The number of benzene rings is 3. The zero-order chi connectivity index (χ0) is 21.3. The van der Waals surface area contributed by atoms with E-state index in [0.717, 1.165) is 11.1 Å². The molecule has 3 aromatic rings. The molecule has 152 valence electrons. The summed E-state index contributed by atoms with van der Waals surface area (Å²) < 4.78 is 11.2. The molecule has 0 fully saturated rings. The molecule has 0 saturated carbocycles. The van der Waals surface area contributed by atoms with Gasteiger partial charge < -0.3 is 19.9 Å². The lowest BCUT2D eigenvalue weighted by Gasteiger charge is -2.11. The van der Waals surface area contributed by atoms with Crippen molar-refractivity contribution >= 4 is 23.6 Å². The molecule has 0 saturated heterocycles. The van der Waals surface area contributed by atoms with Crippen LogP contribution in [0.3, 0.4) is 0 Å². The van der Waals surface area contributed by atoms with Gasteiger partial charge >= 0.3 is 5.97 Å². The summed E-state index contributed by atoms with van der Waals surface area (Å²) in [6.07, 6.45) is 2.94. The van der Waals surface area contributed by atoms with Gasteiger partial charge in [-0.25, -0.2) is 4.79 Å². The standard InChI is InChI=1S/C24H21NO5/c1-29-22-15-17(11-13-21(22)30-16-18-7-3-2-4-8-18)12-14-23(26)25-20-10-6-5-9-19(20)24(27)28/h2-15H,16H2,1H3,(H,25,26)(H,27,28). The molecule has 0 aliphatic heterocycles. The molecule has 3 rings (SSSR count). The normalized spacial score (nSPS) is 10.6. The van der Waals surface area contributed by atoms with Crippen LogP contribution in [0, 0.1) is 0 Å². The van der Waals surface area contributed by atoms with Crippen molar-refractivity contribution in [2.75, 3.05) is 12.4 Å². The number of amides is 1. The molecular formula is C24H21NO5. The van der Waals surface area contributed by atoms with Gasteiger partial charge in [-0.3, -0.25) is 4.79 Å². The van der Waals surface area contributed by atoms with Gasteiger partial charge in [-0.15, -0.1) is 0 Å². The summed E-state index contributed by atoms with van der Waals surface area (Å²) in [4.78, 5) is 23.4. The average molecular weight is 403 g/mol. The smallest absolute Gasteiger partial charge is 0.337 e. The van der Waals surface area contributed by atoms with Gasteiger partial charge in [0, 0.05) is 6.08 Å². The second-order valence-corrected chi connectivity index (χ2v) is 6.36. The Morgan fingerprint density at radius 2 is 1.70 bits per heavy atom. The zero-order valence-electron chi connectivity index (χ0n) is 16.4. The van der Waals surface area contributed by atoms with Crippen LogP contribution >= 0.6 is 0 Å². The second kappa shape index (κ2) is 9.93. The van der Waals surface area contributed by atoms with Crippen molar-refractivity contribution in [3.63, 3.8) is 0 Å². The first-order chi connectivity index (χ1) is 14.6. The molecule has 0 bridgehead atoms. The highest BCUT2D eigenvalue weighted by atomic mass is 16.5. The highest BCUT2D eigenvalue weighted by Crippen LogP contribution is 2.29. The lowest BCUT2D eigenvalue weighted by Crippen LogP contribution is -2.11. The Morgan fingerprint density at radius 3 is 2.43 bits per heavy atom. The fourth-order valence-electron chi connectivity index (χ4n) is 2.77. The minimum absolute atomic E-state index is 0.0286. The van der Waals surface area contributed by atoms with Crippen molar-refractivity contribution in [1.29, 1.82) is 0 Å². The summed E-state index contributed by atoms with van der Waals surface area (Å²) in [5, 5.41) is 11.8. The molecule has 30 heavy (non-hydrogen) atoms. The predicted octanol–water partition coefficient (Wildman–Crippen LogP) is 4.62. The first-order valence-electron chi connectivity index (χ1n) is 9.23. The Hall–Kier alpha value is -4.06.